The topological polar surface area (TPSA) is 101 Å². The number of carbonyl (C=O) groups is 1. The molecule has 2 N–H and O–H groups in total. The quantitative estimate of drug-likeness (QED) is 0.581. The van der Waals surface area contributed by atoms with Crippen molar-refractivity contribution in [3.63, 3.8) is 0 Å². The van der Waals surface area contributed by atoms with Crippen LogP contribution in [0.15, 0.2) is 47.1 Å². The van der Waals surface area contributed by atoms with Gasteiger partial charge in [-0.05, 0) is 42.8 Å². The summed E-state index contributed by atoms with van der Waals surface area (Å²) < 4.78 is 57.9. The zero-order valence-electron chi connectivity index (χ0n) is 15.7. The molecule has 1 amide bonds. The van der Waals surface area contributed by atoms with Gasteiger partial charge >= 0.3 is 0 Å². The van der Waals surface area contributed by atoms with Crippen molar-refractivity contribution in [3.05, 3.63) is 70.6 Å². The van der Waals surface area contributed by atoms with E-state index >= 15 is 0 Å². The van der Waals surface area contributed by atoms with Crippen LogP contribution in [0.5, 0.6) is 0 Å². The number of oxazole rings is 1. The molecule has 1 heterocycles. The van der Waals surface area contributed by atoms with Gasteiger partial charge in [0, 0.05) is 10.6 Å². The van der Waals surface area contributed by atoms with Crippen molar-refractivity contribution >= 4 is 33.2 Å². The Kier molecular flexibility index (Phi) is 6.09. The highest BCUT2D eigenvalue weighted by Gasteiger charge is 2.20. The molecule has 1 atom stereocenters. The Bertz CT molecular complexity index is 1190. The van der Waals surface area contributed by atoms with E-state index in [9.17, 15) is 22.0 Å². The lowest BCUT2D eigenvalue weighted by Gasteiger charge is -2.15. The zero-order valence-corrected chi connectivity index (χ0v) is 17.3. The van der Waals surface area contributed by atoms with Gasteiger partial charge in [-0.15, -0.1) is 0 Å². The third-order valence-electron chi connectivity index (χ3n) is 4.01. The van der Waals surface area contributed by atoms with Gasteiger partial charge in [0.25, 0.3) is 5.91 Å². The molecule has 0 radical (unpaired) electrons. The van der Waals surface area contributed by atoms with Gasteiger partial charge in [-0.1, -0.05) is 17.7 Å². The van der Waals surface area contributed by atoms with E-state index in [-0.39, 0.29) is 17.1 Å². The highest BCUT2D eigenvalue weighted by molar-refractivity contribution is 7.92. The molecular formula is C19H16ClF2N3O4S. The van der Waals surface area contributed by atoms with Crippen LogP contribution in [0.4, 0.5) is 14.5 Å². The van der Waals surface area contributed by atoms with Gasteiger partial charge in [0.05, 0.1) is 12.3 Å². The van der Waals surface area contributed by atoms with E-state index in [2.05, 4.69) is 10.3 Å². The molecule has 0 unspecified atom stereocenters. The highest BCUT2D eigenvalue weighted by atomic mass is 35.5. The summed E-state index contributed by atoms with van der Waals surface area (Å²) in [4.78, 5) is 16.5. The third-order valence-corrected chi connectivity index (χ3v) is 4.82. The predicted molar refractivity (Wildman–Crippen MR) is 108 cm³/mol. The number of nitrogens with zero attached hydrogens (tertiary/aromatic N) is 1. The second kappa shape index (κ2) is 8.41. The Labute approximate surface area is 176 Å². The number of sulfonamides is 1. The molecule has 0 saturated heterocycles. The van der Waals surface area contributed by atoms with E-state index in [1.807, 2.05) is 0 Å². The van der Waals surface area contributed by atoms with Crippen molar-refractivity contribution in [1.82, 2.24) is 10.3 Å². The first-order valence-electron chi connectivity index (χ1n) is 8.52. The van der Waals surface area contributed by atoms with Crippen molar-refractivity contribution in [2.45, 2.75) is 13.0 Å². The van der Waals surface area contributed by atoms with Crippen molar-refractivity contribution in [1.29, 1.82) is 0 Å². The van der Waals surface area contributed by atoms with Crippen LogP contribution in [0.3, 0.4) is 0 Å². The Morgan fingerprint density at radius 3 is 2.47 bits per heavy atom. The molecule has 158 valence electrons. The number of hydrogen-bond acceptors (Lipinski definition) is 5. The van der Waals surface area contributed by atoms with Crippen molar-refractivity contribution in [2.75, 3.05) is 11.0 Å². The molecule has 7 nitrogen and oxygen atoms in total. The van der Waals surface area contributed by atoms with Crippen LogP contribution in [-0.4, -0.2) is 25.6 Å². The smallest absolute Gasteiger partial charge is 0.273 e. The van der Waals surface area contributed by atoms with E-state index in [0.29, 0.717) is 10.6 Å². The first-order valence-corrected chi connectivity index (χ1v) is 10.8. The maximum Gasteiger partial charge on any atom is 0.273 e. The predicted octanol–water partition coefficient (Wildman–Crippen LogP) is 4.14. The second-order valence-corrected chi connectivity index (χ2v) is 8.66. The van der Waals surface area contributed by atoms with Gasteiger partial charge in [0.15, 0.2) is 17.3 Å². The van der Waals surface area contributed by atoms with Crippen LogP contribution in [0.1, 0.15) is 29.0 Å². The minimum atomic E-state index is -3.86. The average Bonchev–Trinajstić information content (AvgIpc) is 3.14. The van der Waals surface area contributed by atoms with Crippen LogP contribution in [0.25, 0.3) is 11.5 Å². The van der Waals surface area contributed by atoms with E-state index in [1.54, 1.807) is 29.0 Å². The van der Waals surface area contributed by atoms with Gasteiger partial charge in [-0.3, -0.25) is 9.52 Å². The molecule has 0 aliphatic carbocycles. The molecule has 0 aliphatic rings. The summed E-state index contributed by atoms with van der Waals surface area (Å²) in [5, 5.41) is 3.03. The number of anilines is 1. The first kappa shape index (κ1) is 21.7. The number of halogens is 3. The Hall–Kier alpha value is -2.98. The molecule has 0 saturated carbocycles. The maximum absolute atomic E-state index is 14.2. The lowest BCUT2D eigenvalue weighted by molar-refractivity contribution is 0.0934. The number of carbonyl (C=O) groups excluding carboxylic acids is 1. The molecule has 0 bridgehead atoms. The van der Waals surface area contributed by atoms with E-state index in [4.69, 9.17) is 16.0 Å². The molecule has 3 rings (SSSR count). The lowest BCUT2D eigenvalue weighted by atomic mass is 10.1. The van der Waals surface area contributed by atoms with Gasteiger partial charge in [-0.25, -0.2) is 22.2 Å². The van der Waals surface area contributed by atoms with E-state index < -0.39 is 39.3 Å². The monoisotopic (exact) mass is 455 g/mol. The SMILES string of the molecule is C[C@@H](NC(=O)c1coc(-c2cccc(Cl)c2)n1)c1cc(F)c(NS(C)(=O)=O)c(F)c1. The molecule has 0 aliphatic heterocycles. The van der Waals surface area contributed by atoms with Crippen molar-refractivity contribution < 1.29 is 26.4 Å². The standard InChI is InChI=1S/C19H16ClF2N3O4S/c1-10(12-7-14(21)17(15(22)8-12)25-30(2,27)28)23-18(26)16-9-29-19(24-16)11-4-3-5-13(20)6-11/h3-10,25H,1-2H3,(H,23,26)/t10-/m1/s1. The molecule has 0 spiro atoms. The fraction of sp³-hybridized carbons (Fsp3) is 0.158. The molecule has 0 fully saturated rings. The highest BCUT2D eigenvalue weighted by Crippen LogP contribution is 2.26. The van der Waals surface area contributed by atoms with Gasteiger partial charge in [0.1, 0.15) is 12.0 Å². The number of hydrogen-bond donors (Lipinski definition) is 2. The summed E-state index contributed by atoms with van der Waals surface area (Å²) in [6.45, 7) is 1.51. The molecule has 2 aromatic carbocycles. The molecule has 30 heavy (non-hydrogen) atoms. The number of amides is 1. The van der Waals surface area contributed by atoms with E-state index in [0.717, 1.165) is 24.7 Å². The average molecular weight is 456 g/mol. The molecule has 3 aromatic rings. The largest absolute Gasteiger partial charge is 0.444 e. The normalized spacial score (nSPS) is 12.4. The molecule has 1 aromatic heterocycles. The minimum absolute atomic E-state index is 0.0341. The van der Waals surface area contributed by atoms with Gasteiger partial charge in [-0.2, -0.15) is 0 Å². The zero-order chi connectivity index (χ0) is 22.1. The van der Waals surface area contributed by atoms with Crippen LogP contribution in [-0.2, 0) is 10.0 Å². The summed E-state index contributed by atoms with van der Waals surface area (Å²) in [5.41, 5.74) is -0.153. The van der Waals surface area contributed by atoms with Crippen LogP contribution >= 0.6 is 11.6 Å². The number of benzene rings is 2. The second-order valence-electron chi connectivity index (χ2n) is 6.48. The Morgan fingerprint density at radius 2 is 1.87 bits per heavy atom. The number of aromatic nitrogens is 1. The first-order chi connectivity index (χ1) is 14.0. The summed E-state index contributed by atoms with van der Waals surface area (Å²) in [6.07, 6.45) is 1.93. The van der Waals surface area contributed by atoms with Crippen molar-refractivity contribution in [3.8, 4) is 11.5 Å². The Morgan fingerprint density at radius 1 is 1.20 bits per heavy atom. The van der Waals surface area contributed by atoms with E-state index in [1.165, 1.54) is 6.92 Å². The number of rotatable bonds is 6. The van der Waals surface area contributed by atoms with Crippen LogP contribution in [0.2, 0.25) is 5.02 Å². The summed E-state index contributed by atoms with van der Waals surface area (Å²) in [7, 11) is -3.86. The van der Waals surface area contributed by atoms with Gasteiger partial charge in [0.2, 0.25) is 15.9 Å². The minimum Gasteiger partial charge on any atom is -0.444 e. The van der Waals surface area contributed by atoms with Crippen molar-refractivity contribution in [2.24, 2.45) is 0 Å². The number of nitrogens with one attached hydrogen (secondary N) is 2. The molecule has 11 heteroatoms. The fourth-order valence-electron chi connectivity index (χ4n) is 2.61. The summed E-state index contributed by atoms with van der Waals surface area (Å²) >= 11 is 5.92. The fourth-order valence-corrected chi connectivity index (χ4v) is 3.37. The maximum atomic E-state index is 14.2. The lowest BCUT2D eigenvalue weighted by Crippen LogP contribution is -2.27. The van der Waals surface area contributed by atoms with Crippen LogP contribution in [0, 0.1) is 11.6 Å². The van der Waals surface area contributed by atoms with Crippen LogP contribution < -0.4 is 10.0 Å². The van der Waals surface area contributed by atoms with Gasteiger partial charge < -0.3 is 9.73 Å². The summed E-state index contributed by atoms with van der Waals surface area (Å²) in [6, 6.07) is 7.77. The third kappa shape index (κ3) is 5.14. The Balaban J connectivity index is 1.76. The summed E-state index contributed by atoms with van der Waals surface area (Å²) in [5.74, 6) is -2.66. The molecular weight excluding hydrogens is 440 g/mol.